The van der Waals surface area contributed by atoms with Crippen LogP contribution in [0.25, 0.3) is 0 Å². The second-order valence-electron chi connectivity index (χ2n) is 10.2. The van der Waals surface area contributed by atoms with Crippen LogP contribution in [0.2, 0.25) is 0 Å². The first-order valence-electron chi connectivity index (χ1n) is 12.3. The summed E-state index contributed by atoms with van der Waals surface area (Å²) in [6, 6.07) is 10.7. The number of amides is 1. The van der Waals surface area contributed by atoms with Crippen LogP contribution in [0.5, 0.6) is 0 Å². The van der Waals surface area contributed by atoms with Crippen LogP contribution in [0.3, 0.4) is 0 Å². The summed E-state index contributed by atoms with van der Waals surface area (Å²) in [5.41, 5.74) is 2.31. The van der Waals surface area contributed by atoms with Crippen molar-refractivity contribution in [1.29, 1.82) is 0 Å². The van der Waals surface area contributed by atoms with Crippen molar-refractivity contribution in [2.24, 2.45) is 23.7 Å². The lowest BCUT2D eigenvalue weighted by Gasteiger charge is -2.47. The molecule has 2 aromatic rings. The summed E-state index contributed by atoms with van der Waals surface area (Å²) in [4.78, 5) is 38.0. The van der Waals surface area contributed by atoms with Gasteiger partial charge in [-0.05, 0) is 30.2 Å². The third-order valence-corrected chi connectivity index (χ3v) is 7.22. The van der Waals surface area contributed by atoms with Gasteiger partial charge in [-0.2, -0.15) is 0 Å². The van der Waals surface area contributed by atoms with E-state index in [-0.39, 0.29) is 23.4 Å². The van der Waals surface area contributed by atoms with E-state index in [9.17, 15) is 9.59 Å². The Morgan fingerprint density at radius 3 is 2.09 bits per heavy atom. The molecule has 0 aliphatic carbocycles. The normalized spacial score (nSPS) is 18.5. The van der Waals surface area contributed by atoms with Crippen LogP contribution in [0, 0.1) is 23.7 Å². The van der Waals surface area contributed by atoms with Gasteiger partial charge in [0, 0.05) is 43.9 Å². The number of carbonyl (C=O) groups is 2. The van der Waals surface area contributed by atoms with Gasteiger partial charge in [-0.1, -0.05) is 58.0 Å². The monoisotopic (exact) mass is 448 g/mol. The lowest BCUT2D eigenvalue weighted by molar-refractivity contribution is -0.143. The average Bonchev–Trinajstić information content (AvgIpc) is 2.80. The van der Waals surface area contributed by atoms with Crippen molar-refractivity contribution in [3.05, 3.63) is 54.1 Å². The SMILES string of the molecule is CC(C)C(=O)c1ncc(N2CCC(C(=O)N3CC([C@@H](c4ccccc4)C(C)C)C3)CC2)cn1. The Morgan fingerprint density at radius 2 is 1.55 bits per heavy atom. The fourth-order valence-corrected chi connectivity index (χ4v) is 5.31. The Bertz CT molecular complexity index is 944. The molecule has 0 spiro atoms. The summed E-state index contributed by atoms with van der Waals surface area (Å²) in [6.45, 7) is 11.6. The number of rotatable bonds is 7. The van der Waals surface area contributed by atoms with E-state index in [1.165, 1.54) is 5.56 Å². The Hall–Kier alpha value is -2.76. The highest BCUT2D eigenvalue weighted by Crippen LogP contribution is 2.38. The highest BCUT2D eigenvalue weighted by atomic mass is 16.2. The molecule has 0 N–H and O–H groups in total. The van der Waals surface area contributed by atoms with Crippen molar-refractivity contribution in [3.8, 4) is 0 Å². The van der Waals surface area contributed by atoms with Gasteiger partial charge >= 0.3 is 0 Å². The van der Waals surface area contributed by atoms with Gasteiger partial charge < -0.3 is 9.80 Å². The number of aromatic nitrogens is 2. The molecule has 1 aromatic heterocycles. The largest absolute Gasteiger partial charge is 0.369 e. The van der Waals surface area contributed by atoms with Gasteiger partial charge in [0.25, 0.3) is 0 Å². The topological polar surface area (TPSA) is 66.4 Å². The lowest BCUT2D eigenvalue weighted by Crippen LogP contribution is -2.55. The van der Waals surface area contributed by atoms with Crippen molar-refractivity contribution in [1.82, 2.24) is 14.9 Å². The molecule has 3 heterocycles. The third kappa shape index (κ3) is 5.10. The molecule has 1 atom stereocenters. The Balaban J connectivity index is 1.28. The summed E-state index contributed by atoms with van der Waals surface area (Å²) in [6.07, 6.45) is 5.17. The average molecular weight is 449 g/mol. The Kier molecular flexibility index (Phi) is 7.11. The molecule has 2 saturated heterocycles. The molecule has 0 radical (unpaired) electrons. The van der Waals surface area contributed by atoms with Crippen molar-refractivity contribution in [2.45, 2.75) is 46.5 Å². The number of piperidine rings is 1. The fourth-order valence-electron chi connectivity index (χ4n) is 5.31. The van der Waals surface area contributed by atoms with E-state index in [0.717, 1.165) is 44.7 Å². The highest BCUT2D eigenvalue weighted by molar-refractivity contribution is 5.93. The number of Topliss-reactive ketones (excluding diaryl/α,β-unsaturated/α-hetero) is 1. The quantitative estimate of drug-likeness (QED) is 0.586. The van der Waals surface area contributed by atoms with E-state index in [2.05, 4.69) is 63.9 Å². The maximum atomic E-state index is 13.1. The smallest absolute Gasteiger partial charge is 0.225 e. The van der Waals surface area contributed by atoms with Crippen LogP contribution >= 0.6 is 0 Å². The molecule has 2 aliphatic heterocycles. The van der Waals surface area contributed by atoms with E-state index in [0.29, 0.717) is 23.7 Å². The minimum atomic E-state index is -0.109. The van der Waals surface area contributed by atoms with Crippen LogP contribution in [0.1, 0.15) is 62.6 Å². The summed E-state index contributed by atoms with van der Waals surface area (Å²) < 4.78 is 0. The van der Waals surface area contributed by atoms with Gasteiger partial charge in [-0.25, -0.2) is 9.97 Å². The molecule has 6 nitrogen and oxygen atoms in total. The van der Waals surface area contributed by atoms with Gasteiger partial charge in [-0.3, -0.25) is 9.59 Å². The van der Waals surface area contributed by atoms with E-state index in [4.69, 9.17) is 0 Å². The van der Waals surface area contributed by atoms with Gasteiger partial charge in [0.15, 0.2) is 5.82 Å². The van der Waals surface area contributed by atoms with Crippen LogP contribution in [-0.4, -0.2) is 52.7 Å². The van der Waals surface area contributed by atoms with Crippen molar-refractivity contribution >= 4 is 17.4 Å². The maximum absolute atomic E-state index is 13.1. The molecular weight excluding hydrogens is 412 g/mol. The van der Waals surface area contributed by atoms with E-state index in [1.807, 2.05) is 13.8 Å². The number of benzene rings is 1. The summed E-state index contributed by atoms with van der Waals surface area (Å²) in [5, 5.41) is 0. The van der Waals surface area contributed by atoms with E-state index < -0.39 is 0 Å². The van der Waals surface area contributed by atoms with Crippen LogP contribution in [0.4, 0.5) is 5.69 Å². The molecular formula is C27H36N4O2. The molecule has 176 valence electrons. The number of nitrogens with zero attached hydrogens (tertiary/aromatic N) is 4. The number of anilines is 1. The molecule has 1 amide bonds. The minimum absolute atomic E-state index is 0.0364. The second kappa shape index (κ2) is 10.0. The molecule has 2 aliphatic rings. The molecule has 33 heavy (non-hydrogen) atoms. The Labute approximate surface area is 197 Å². The molecule has 0 bridgehead atoms. The zero-order valence-electron chi connectivity index (χ0n) is 20.3. The third-order valence-electron chi connectivity index (χ3n) is 7.22. The van der Waals surface area contributed by atoms with Gasteiger partial charge in [0.05, 0.1) is 18.1 Å². The molecule has 2 fully saturated rings. The van der Waals surface area contributed by atoms with Crippen molar-refractivity contribution < 1.29 is 9.59 Å². The Morgan fingerprint density at radius 1 is 0.939 bits per heavy atom. The van der Waals surface area contributed by atoms with Gasteiger partial charge in [-0.15, -0.1) is 0 Å². The molecule has 6 heteroatoms. The van der Waals surface area contributed by atoms with Crippen LogP contribution in [-0.2, 0) is 4.79 Å². The van der Waals surface area contributed by atoms with Crippen LogP contribution < -0.4 is 4.90 Å². The van der Waals surface area contributed by atoms with Crippen molar-refractivity contribution in [2.75, 3.05) is 31.1 Å². The zero-order valence-corrected chi connectivity index (χ0v) is 20.3. The zero-order chi connectivity index (χ0) is 23.5. The maximum Gasteiger partial charge on any atom is 0.225 e. The molecule has 0 unspecified atom stereocenters. The number of likely N-dealkylation sites (tertiary alicyclic amines) is 1. The van der Waals surface area contributed by atoms with Gasteiger partial charge in [0.1, 0.15) is 0 Å². The summed E-state index contributed by atoms with van der Waals surface area (Å²) in [7, 11) is 0. The molecule has 1 aromatic carbocycles. The standard InChI is InChI=1S/C27H36N4O2/c1-18(2)24(20-8-6-5-7-9-20)22-16-31(17-22)27(33)21-10-12-30(13-11-21)23-14-28-26(29-15-23)25(32)19(3)4/h5-9,14-15,18-19,21-22,24H,10-13,16-17H2,1-4H3/t24-/m1/s1. The molecule has 0 saturated carbocycles. The summed E-state index contributed by atoms with van der Waals surface area (Å²) >= 11 is 0. The number of hydrogen-bond acceptors (Lipinski definition) is 5. The molecule has 4 rings (SSSR count). The fraction of sp³-hybridized carbons (Fsp3) is 0.556. The predicted octanol–water partition coefficient (Wildman–Crippen LogP) is 4.43. The first-order chi connectivity index (χ1) is 15.8. The van der Waals surface area contributed by atoms with E-state index >= 15 is 0 Å². The second-order valence-corrected chi connectivity index (χ2v) is 10.2. The highest BCUT2D eigenvalue weighted by Gasteiger charge is 2.40. The lowest BCUT2D eigenvalue weighted by atomic mass is 9.74. The first kappa shape index (κ1) is 23.4. The van der Waals surface area contributed by atoms with E-state index in [1.54, 1.807) is 12.4 Å². The number of hydrogen-bond donors (Lipinski definition) is 0. The summed E-state index contributed by atoms with van der Waals surface area (Å²) in [5.74, 6) is 2.15. The predicted molar refractivity (Wildman–Crippen MR) is 130 cm³/mol. The minimum Gasteiger partial charge on any atom is -0.369 e. The number of ketones is 1. The number of carbonyl (C=O) groups excluding carboxylic acids is 2. The van der Waals surface area contributed by atoms with Crippen molar-refractivity contribution in [3.63, 3.8) is 0 Å². The van der Waals surface area contributed by atoms with Gasteiger partial charge in [0.2, 0.25) is 11.7 Å². The first-order valence-corrected chi connectivity index (χ1v) is 12.3. The van der Waals surface area contributed by atoms with Crippen LogP contribution in [0.15, 0.2) is 42.7 Å².